The molecule has 0 fully saturated rings. The van der Waals surface area contributed by atoms with Crippen LogP contribution in [0.5, 0.6) is 0 Å². The molecule has 0 aromatic heterocycles. The first-order valence-electron chi connectivity index (χ1n) is 9.31. The zero-order valence-electron chi connectivity index (χ0n) is 16.0. The van der Waals surface area contributed by atoms with Crippen LogP contribution in [0.15, 0.2) is 54.6 Å². The van der Waals surface area contributed by atoms with Gasteiger partial charge in [-0.1, -0.05) is 42.5 Å². The second kappa shape index (κ2) is 10.5. The largest absolute Gasteiger partial charge is 0.342 e. The molecule has 0 atom stereocenters. The topological polar surface area (TPSA) is 40.6 Å². The molecule has 0 heterocycles. The molecule has 2 aromatic carbocycles. The Kier molecular flexibility index (Phi) is 7.99. The highest BCUT2D eigenvalue weighted by Gasteiger charge is 2.16. The Hall–Kier alpha value is -2.69. The van der Waals surface area contributed by atoms with Crippen molar-refractivity contribution in [1.29, 1.82) is 0 Å². The number of hydrogen-bond donors (Lipinski definition) is 0. The molecule has 0 aliphatic rings. The van der Waals surface area contributed by atoms with E-state index in [2.05, 4.69) is 0 Å². The summed E-state index contributed by atoms with van der Waals surface area (Å²) < 4.78 is 13.0. The van der Waals surface area contributed by atoms with Crippen molar-refractivity contribution in [3.8, 4) is 0 Å². The molecule has 0 aliphatic carbocycles. The molecule has 2 rings (SSSR count). The van der Waals surface area contributed by atoms with Crippen molar-refractivity contribution in [2.24, 2.45) is 0 Å². The summed E-state index contributed by atoms with van der Waals surface area (Å²) in [6, 6.07) is 16.1. The van der Waals surface area contributed by atoms with Crippen LogP contribution in [0.2, 0.25) is 0 Å². The number of amides is 2. The van der Waals surface area contributed by atoms with Crippen molar-refractivity contribution in [2.45, 2.75) is 33.2 Å². The van der Waals surface area contributed by atoms with Gasteiger partial charge in [-0.3, -0.25) is 9.59 Å². The molecule has 0 bridgehead atoms. The van der Waals surface area contributed by atoms with E-state index in [4.69, 9.17) is 0 Å². The quantitative estimate of drug-likeness (QED) is 0.676. The zero-order chi connectivity index (χ0) is 19.6. The van der Waals surface area contributed by atoms with Gasteiger partial charge in [0.1, 0.15) is 5.82 Å². The predicted molar refractivity (Wildman–Crippen MR) is 105 cm³/mol. The van der Waals surface area contributed by atoms with Gasteiger partial charge in [0, 0.05) is 39.5 Å². The molecule has 0 aliphatic heterocycles. The Bertz CT molecular complexity index is 732. The Balaban J connectivity index is 1.86. The molecular weight excluding hydrogens is 343 g/mol. The monoisotopic (exact) mass is 370 g/mol. The minimum absolute atomic E-state index is 0.0365. The molecule has 27 heavy (non-hydrogen) atoms. The van der Waals surface area contributed by atoms with Crippen LogP contribution >= 0.6 is 0 Å². The Morgan fingerprint density at radius 3 is 2.15 bits per heavy atom. The summed E-state index contributed by atoms with van der Waals surface area (Å²) in [5.41, 5.74) is 2.06. The van der Waals surface area contributed by atoms with Crippen LogP contribution in [-0.4, -0.2) is 41.2 Å². The van der Waals surface area contributed by atoms with Crippen LogP contribution in [0, 0.1) is 5.82 Å². The average molecular weight is 370 g/mol. The van der Waals surface area contributed by atoms with E-state index >= 15 is 0 Å². The Morgan fingerprint density at radius 2 is 1.56 bits per heavy atom. The number of rotatable bonds is 9. The van der Waals surface area contributed by atoms with Crippen molar-refractivity contribution in [1.82, 2.24) is 9.80 Å². The van der Waals surface area contributed by atoms with Gasteiger partial charge in [-0.25, -0.2) is 4.39 Å². The first-order valence-corrected chi connectivity index (χ1v) is 9.31. The van der Waals surface area contributed by atoms with Gasteiger partial charge in [0.15, 0.2) is 0 Å². The molecule has 144 valence electrons. The third kappa shape index (κ3) is 6.85. The van der Waals surface area contributed by atoms with Gasteiger partial charge in [-0.15, -0.1) is 0 Å². The highest BCUT2D eigenvalue weighted by atomic mass is 19.1. The number of halogens is 1. The third-order valence-corrected chi connectivity index (χ3v) is 4.58. The van der Waals surface area contributed by atoms with E-state index in [0.29, 0.717) is 39.0 Å². The highest BCUT2D eigenvalue weighted by molar-refractivity contribution is 5.78. The summed E-state index contributed by atoms with van der Waals surface area (Å²) in [4.78, 5) is 27.9. The van der Waals surface area contributed by atoms with Gasteiger partial charge in [0.2, 0.25) is 11.8 Å². The van der Waals surface area contributed by atoms with Gasteiger partial charge < -0.3 is 9.80 Å². The number of benzene rings is 2. The van der Waals surface area contributed by atoms with E-state index in [1.54, 1.807) is 21.9 Å². The fourth-order valence-electron chi connectivity index (χ4n) is 2.91. The third-order valence-electron chi connectivity index (χ3n) is 4.58. The van der Waals surface area contributed by atoms with Crippen LogP contribution in [0.1, 0.15) is 31.4 Å². The maximum atomic E-state index is 13.0. The van der Waals surface area contributed by atoms with E-state index in [9.17, 15) is 14.0 Å². The number of nitrogens with zero attached hydrogens (tertiary/aromatic N) is 2. The van der Waals surface area contributed by atoms with Gasteiger partial charge in [-0.05, 0) is 36.6 Å². The minimum Gasteiger partial charge on any atom is -0.342 e. The summed E-state index contributed by atoms with van der Waals surface area (Å²) >= 11 is 0. The van der Waals surface area contributed by atoms with Gasteiger partial charge in [0.05, 0.1) is 0 Å². The maximum absolute atomic E-state index is 13.0. The van der Waals surface area contributed by atoms with Crippen LogP contribution in [0.3, 0.4) is 0 Å². The SMILES string of the molecule is CCN(Cc1ccccc1)C(=O)CCN(CCc1ccc(F)cc1)C(C)=O. The zero-order valence-corrected chi connectivity index (χ0v) is 16.0. The summed E-state index contributed by atoms with van der Waals surface area (Å²) in [7, 11) is 0. The van der Waals surface area contributed by atoms with E-state index in [-0.39, 0.29) is 17.6 Å². The summed E-state index contributed by atoms with van der Waals surface area (Å²) in [5.74, 6) is -0.295. The van der Waals surface area contributed by atoms with Gasteiger partial charge in [0.25, 0.3) is 0 Å². The lowest BCUT2D eigenvalue weighted by Crippen LogP contribution is -2.37. The number of carbonyl (C=O) groups is 2. The lowest BCUT2D eigenvalue weighted by molar-refractivity contribution is -0.133. The fourth-order valence-corrected chi connectivity index (χ4v) is 2.91. The molecule has 0 unspecified atom stereocenters. The number of carbonyl (C=O) groups excluding carboxylic acids is 2. The predicted octanol–water partition coefficient (Wildman–Crippen LogP) is 3.66. The van der Waals surface area contributed by atoms with E-state index in [1.807, 2.05) is 37.3 Å². The molecule has 0 N–H and O–H groups in total. The Morgan fingerprint density at radius 1 is 0.889 bits per heavy atom. The van der Waals surface area contributed by atoms with Crippen molar-refractivity contribution in [3.63, 3.8) is 0 Å². The van der Waals surface area contributed by atoms with Crippen LogP contribution < -0.4 is 0 Å². The molecule has 0 saturated heterocycles. The van der Waals surface area contributed by atoms with Crippen molar-refractivity contribution < 1.29 is 14.0 Å². The van der Waals surface area contributed by atoms with Gasteiger partial charge >= 0.3 is 0 Å². The fraction of sp³-hybridized carbons (Fsp3) is 0.364. The van der Waals surface area contributed by atoms with Crippen LogP contribution in [0.25, 0.3) is 0 Å². The maximum Gasteiger partial charge on any atom is 0.224 e. The van der Waals surface area contributed by atoms with Crippen LogP contribution in [-0.2, 0) is 22.6 Å². The normalized spacial score (nSPS) is 10.5. The molecule has 4 nitrogen and oxygen atoms in total. The molecule has 0 spiro atoms. The first kappa shape index (κ1) is 20.6. The molecule has 2 aromatic rings. The second-order valence-corrected chi connectivity index (χ2v) is 6.53. The number of hydrogen-bond acceptors (Lipinski definition) is 2. The Labute approximate surface area is 160 Å². The average Bonchev–Trinajstić information content (AvgIpc) is 2.67. The van der Waals surface area contributed by atoms with E-state index in [1.165, 1.54) is 19.1 Å². The molecule has 5 heteroatoms. The summed E-state index contributed by atoms with van der Waals surface area (Å²) in [5, 5.41) is 0. The lowest BCUT2D eigenvalue weighted by Gasteiger charge is -2.25. The molecule has 2 amide bonds. The van der Waals surface area contributed by atoms with Gasteiger partial charge in [-0.2, -0.15) is 0 Å². The van der Waals surface area contributed by atoms with Crippen molar-refractivity contribution >= 4 is 11.8 Å². The first-order chi connectivity index (χ1) is 13.0. The lowest BCUT2D eigenvalue weighted by atomic mass is 10.1. The van der Waals surface area contributed by atoms with Crippen molar-refractivity contribution in [3.05, 3.63) is 71.5 Å². The smallest absolute Gasteiger partial charge is 0.224 e. The van der Waals surface area contributed by atoms with E-state index < -0.39 is 0 Å². The highest BCUT2D eigenvalue weighted by Crippen LogP contribution is 2.08. The standard InChI is InChI=1S/C22H27FN2O2/c1-3-24(17-20-7-5-4-6-8-20)22(27)14-16-25(18(2)26)15-13-19-9-11-21(23)12-10-19/h4-12H,3,13-17H2,1-2H3. The van der Waals surface area contributed by atoms with E-state index in [0.717, 1.165) is 11.1 Å². The molecule has 0 radical (unpaired) electrons. The van der Waals surface area contributed by atoms with Crippen molar-refractivity contribution in [2.75, 3.05) is 19.6 Å². The molecule has 0 saturated carbocycles. The summed E-state index contributed by atoms with van der Waals surface area (Å²) in [6.07, 6.45) is 0.930. The summed E-state index contributed by atoms with van der Waals surface area (Å²) in [6.45, 7) is 5.57. The van der Waals surface area contributed by atoms with Crippen LogP contribution in [0.4, 0.5) is 4.39 Å². The molecular formula is C22H27FN2O2. The minimum atomic E-state index is -0.272. The second-order valence-electron chi connectivity index (χ2n) is 6.53.